The Kier molecular flexibility index (Phi) is 4.76. The summed E-state index contributed by atoms with van der Waals surface area (Å²) in [6.07, 6.45) is 10.2. The van der Waals surface area contributed by atoms with Crippen molar-refractivity contribution in [3.63, 3.8) is 0 Å². The van der Waals surface area contributed by atoms with E-state index in [4.69, 9.17) is 0 Å². The number of aliphatic hydroxyl groups excluding tert-OH is 1. The van der Waals surface area contributed by atoms with Crippen molar-refractivity contribution in [1.29, 1.82) is 0 Å². The summed E-state index contributed by atoms with van der Waals surface area (Å²) in [7, 11) is 0. The summed E-state index contributed by atoms with van der Waals surface area (Å²) < 4.78 is 0. The Labute approximate surface area is 106 Å². The van der Waals surface area contributed by atoms with E-state index in [1.807, 2.05) is 6.92 Å². The number of allylic oxidation sites excluding steroid dienone is 6. The summed E-state index contributed by atoms with van der Waals surface area (Å²) >= 11 is 0. The van der Waals surface area contributed by atoms with Crippen molar-refractivity contribution in [2.24, 2.45) is 11.3 Å². The van der Waals surface area contributed by atoms with Gasteiger partial charge in [-0.3, -0.25) is 0 Å². The Morgan fingerprint density at radius 1 is 1.41 bits per heavy atom. The average Bonchev–Trinajstić information content (AvgIpc) is 2.14. The van der Waals surface area contributed by atoms with Gasteiger partial charge in [0.1, 0.15) is 0 Å². The second kappa shape index (κ2) is 5.68. The van der Waals surface area contributed by atoms with E-state index in [2.05, 4.69) is 52.0 Å². The fraction of sp³-hybridized carbons (Fsp3) is 0.625. The third kappa shape index (κ3) is 3.85. The molecular formula is C16H26O. The molecule has 17 heavy (non-hydrogen) atoms. The highest BCUT2D eigenvalue weighted by molar-refractivity contribution is 5.28. The van der Waals surface area contributed by atoms with E-state index in [1.165, 1.54) is 11.1 Å². The minimum atomic E-state index is -0.141. The lowest BCUT2D eigenvalue weighted by molar-refractivity contribution is 0.0769. The highest BCUT2D eigenvalue weighted by Gasteiger charge is 2.35. The van der Waals surface area contributed by atoms with Gasteiger partial charge >= 0.3 is 0 Å². The van der Waals surface area contributed by atoms with Crippen molar-refractivity contribution >= 4 is 0 Å². The lowest BCUT2D eigenvalue weighted by Crippen LogP contribution is -2.33. The Morgan fingerprint density at radius 3 is 2.59 bits per heavy atom. The van der Waals surface area contributed by atoms with Crippen LogP contribution in [0.15, 0.2) is 35.5 Å². The third-order valence-corrected chi connectivity index (χ3v) is 3.64. The predicted molar refractivity (Wildman–Crippen MR) is 74.8 cm³/mol. The first kappa shape index (κ1) is 14.2. The van der Waals surface area contributed by atoms with Gasteiger partial charge in [0.15, 0.2) is 0 Å². The van der Waals surface area contributed by atoms with Gasteiger partial charge < -0.3 is 5.11 Å². The molecule has 1 aliphatic carbocycles. The van der Waals surface area contributed by atoms with Gasteiger partial charge in [-0.25, -0.2) is 0 Å². The zero-order chi connectivity index (χ0) is 13.1. The fourth-order valence-corrected chi connectivity index (χ4v) is 2.92. The predicted octanol–water partition coefficient (Wildman–Crippen LogP) is 4.25. The van der Waals surface area contributed by atoms with Crippen molar-refractivity contribution in [3.8, 4) is 0 Å². The van der Waals surface area contributed by atoms with Crippen LogP contribution in [0.3, 0.4) is 0 Å². The molecule has 1 heteroatoms. The normalized spacial score (nSPS) is 32.4. The van der Waals surface area contributed by atoms with Crippen LogP contribution < -0.4 is 0 Å². The van der Waals surface area contributed by atoms with Crippen LogP contribution in [0, 0.1) is 11.3 Å². The third-order valence-electron chi connectivity index (χ3n) is 3.64. The zero-order valence-corrected chi connectivity index (χ0v) is 11.8. The van der Waals surface area contributed by atoms with Crippen molar-refractivity contribution in [1.82, 2.24) is 0 Å². The van der Waals surface area contributed by atoms with Crippen molar-refractivity contribution in [2.75, 3.05) is 0 Å². The second-order valence-corrected chi connectivity index (χ2v) is 5.91. The molecule has 2 atom stereocenters. The molecule has 1 rings (SSSR count). The maximum atomic E-state index is 9.84. The smallest absolute Gasteiger partial charge is 0.0554 e. The van der Waals surface area contributed by atoms with Crippen LogP contribution in [-0.4, -0.2) is 11.2 Å². The first-order chi connectivity index (χ1) is 7.86. The molecule has 0 aliphatic heterocycles. The highest BCUT2D eigenvalue weighted by atomic mass is 16.3. The van der Waals surface area contributed by atoms with E-state index >= 15 is 0 Å². The van der Waals surface area contributed by atoms with Crippen LogP contribution in [0.5, 0.6) is 0 Å². The molecule has 0 spiro atoms. The molecule has 0 heterocycles. The lowest BCUT2D eigenvalue weighted by Gasteiger charge is -2.40. The summed E-state index contributed by atoms with van der Waals surface area (Å²) in [6.45, 7) is 10.8. The van der Waals surface area contributed by atoms with Gasteiger partial charge in [0, 0.05) is 0 Å². The number of rotatable bonds is 2. The van der Waals surface area contributed by atoms with Gasteiger partial charge in [-0.05, 0) is 38.0 Å². The Hall–Kier alpha value is -0.820. The lowest BCUT2D eigenvalue weighted by atomic mass is 9.67. The zero-order valence-electron chi connectivity index (χ0n) is 11.8. The van der Waals surface area contributed by atoms with E-state index in [0.29, 0.717) is 5.92 Å². The summed E-state index contributed by atoms with van der Waals surface area (Å²) in [5.74, 6) is 0.475. The molecule has 0 aromatic carbocycles. The standard InChI is InChI=1S/C16H26O/c1-6-7-12(2)8-9-15-13(3)10-14(17)11-16(15,4)5/h6-9,13-14,17H,10-11H2,1-5H3/b7-6+,12-8+,15-9+/t13-,14-/m1/s1. The molecule has 1 N–H and O–H groups in total. The number of hydrogen-bond donors (Lipinski definition) is 1. The Bertz CT molecular complexity index is 345. The fourth-order valence-electron chi connectivity index (χ4n) is 2.92. The van der Waals surface area contributed by atoms with Crippen LogP contribution in [0.25, 0.3) is 0 Å². The minimum Gasteiger partial charge on any atom is -0.393 e. The Morgan fingerprint density at radius 2 is 2.06 bits per heavy atom. The van der Waals surface area contributed by atoms with Crippen molar-refractivity contribution < 1.29 is 5.11 Å². The second-order valence-electron chi connectivity index (χ2n) is 5.91. The van der Waals surface area contributed by atoms with Crippen LogP contribution in [0.2, 0.25) is 0 Å². The van der Waals surface area contributed by atoms with Crippen LogP contribution >= 0.6 is 0 Å². The highest BCUT2D eigenvalue weighted by Crippen LogP contribution is 2.43. The molecule has 1 saturated carbocycles. The van der Waals surface area contributed by atoms with Gasteiger partial charge in [-0.2, -0.15) is 0 Å². The van der Waals surface area contributed by atoms with Crippen LogP contribution in [0.1, 0.15) is 47.5 Å². The molecular weight excluding hydrogens is 208 g/mol. The monoisotopic (exact) mass is 234 g/mol. The topological polar surface area (TPSA) is 20.2 Å². The van der Waals surface area contributed by atoms with Crippen LogP contribution in [0.4, 0.5) is 0 Å². The quantitative estimate of drug-likeness (QED) is 0.708. The number of aliphatic hydroxyl groups is 1. The first-order valence-electron chi connectivity index (χ1n) is 6.56. The summed E-state index contributed by atoms with van der Waals surface area (Å²) in [4.78, 5) is 0. The van der Waals surface area contributed by atoms with Gasteiger partial charge in [0.25, 0.3) is 0 Å². The van der Waals surface area contributed by atoms with Crippen LogP contribution in [-0.2, 0) is 0 Å². The summed E-state index contributed by atoms with van der Waals surface area (Å²) in [5, 5.41) is 9.84. The molecule has 1 aliphatic rings. The first-order valence-corrected chi connectivity index (χ1v) is 6.56. The Balaban J connectivity index is 2.94. The van der Waals surface area contributed by atoms with E-state index in [1.54, 1.807) is 0 Å². The van der Waals surface area contributed by atoms with Gasteiger partial charge in [-0.15, -0.1) is 0 Å². The largest absolute Gasteiger partial charge is 0.393 e. The summed E-state index contributed by atoms with van der Waals surface area (Å²) in [5.41, 5.74) is 2.85. The van der Waals surface area contributed by atoms with Gasteiger partial charge in [0.05, 0.1) is 6.10 Å². The molecule has 1 fully saturated rings. The molecule has 0 unspecified atom stereocenters. The molecule has 0 bridgehead atoms. The van der Waals surface area contributed by atoms with E-state index in [-0.39, 0.29) is 11.5 Å². The molecule has 0 saturated heterocycles. The summed E-state index contributed by atoms with van der Waals surface area (Å²) in [6, 6.07) is 0. The van der Waals surface area contributed by atoms with E-state index < -0.39 is 0 Å². The van der Waals surface area contributed by atoms with Gasteiger partial charge in [-0.1, -0.05) is 56.2 Å². The molecule has 0 amide bonds. The SMILES string of the molecule is C/C=C/C(C)=C/C=C1\[C@H](C)C[C@@H](O)CC1(C)C. The maximum absolute atomic E-state index is 9.84. The molecule has 0 aromatic rings. The molecule has 96 valence electrons. The molecule has 0 aromatic heterocycles. The minimum absolute atomic E-state index is 0.115. The van der Waals surface area contributed by atoms with E-state index in [9.17, 15) is 5.11 Å². The maximum Gasteiger partial charge on any atom is 0.0554 e. The number of hydrogen-bond acceptors (Lipinski definition) is 1. The van der Waals surface area contributed by atoms with Gasteiger partial charge in [0.2, 0.25) is 0 Å². The van der Waals surface area contributed by atoms with E-state index in [0.717, 1.165) is 12.8 Å². The average molecular weight is 234 g/mol. The molecule has 0 radical (unpaired) electrons. The van der Waals surface area contributed by atoms with Crippen molar-refractivity contribution in [2.45, 2.75) is 53.6 Å². The molecule has 1 nitrogen and oxygen atoms in total. The van der Waals surface area contributed by atoms with Crippen molar-refractivity contribution in [3.05, 3.63) is 35.5 Å².